The summed E-state index contributed by atoms with van der Waals surface area (Å²) in [6.45, 7) is 3.65. The maximum Gasteiger partial charge on any atom is 0.295 e. The molecule has 2 N–H and O–H groups in total. The molecule has 10 nitrogen and oxygen atoms in total. The molecular weight excluding hydrogens is 458 g/mol. The van der Waals surface area contributed by atoms with Crippen LogP contribution in [0.2, 0.25) is 5.02 Å². The summed E-state index contributed by atoms with van der Waals surface area (Å²) in [4.78, 5) is 23.7. The van der Waals surface area contributed by atoms with Crippen LogP contribution in [0.1, 0.15) is 11.1 Å². The van der Waals surface area contributed by atoms with Crippen LogP contribution >= 0.6 is 11.6 Å². The Morgan fingerprint density at radius 2 is 1.91 bits per heavy atom. The lowest BCUT2D eigenvalue weighted by atomic mass is 10.2. The number of quaternary nitrogens is 1. The summed E-state index contributed by atoms with van der Waals surface area (Å²) in [7, 11) is -3.55. The van der Waals surface area contributed by atoms with Crippen LogP contribution < -0.4 is 10.3 Å². The van der Waals surface area contributed by atoms with Gasteiger partial charge in [-0.05, 0) is 25.1 Å². The molecule has 0 bridgehead atoms. The molecule has 0 spiro atoms. The van der Waals surface area contributed by atoms with Gasteiger partial charge in [-0.25, -0.2) is 13.8 Å². The number of nitrogens with zero attached hydrogens (tertiary/aromatic N) is 3. The smallest absolute Gasteiger partial charge is 0.295 e. The first-order valence-corrected chi connectivity index (χ1v) is 11.6. The van der Waals surface area contributed by atoms with Gasteiger partial charge in [-0.2, -0.15) is 9.41 Å². The van der Waals surface area contributed by atoms with E-state index in [-0.39, 0.29) is 28.1 Å². The number of benzene rings is 2. The summed E-state index contributed by atoms with van der Waals surface area (Å²) in [5.74, 6) is -0.338. The lowest BCUT2D eigenvalue weighted by Gasteiger charge is -2.31. The van der Waals surface area contributed by atoms with Crippen molar-refractivity contribution in [3.8, 4) is 0 Å². The molecule has 3 rings (SSSR count). The first kappa shape index (κ1) is 23.8. The number of hydrazone groups is 1. The van der Waals surface area contributed by atoms with Gasteiger partial charge < -0.3 is 4.90 Å². The molecule has 1 aliphatic heterocycles. The third-order valence-corrected chi connectivity index (χ3v) is 7.30. The molecule has 170 valence electrons. The van der Waals surface area contributed by atoms with Crippen LogP contribution in [0.4, 0.5) is 5.69 Å². The highest BCUT2D eigenvalue weighted by Gasteiger charge is 2.31. The van der Waals surface area contributed by atoms with Gasteiger partial charge in [0.25, 0.3) is 11.6 Å². The molecule has 1 fully saturated rings. The summed E-state index contributed by atoms with van der Waals surface area (Å²) in [5, 5.41) is 14.8. The second-order valence-corrected chi connectivity index (χ2v) is 9.75. The Morgan fingerprint density at radius 3 is 2.53 bits per heavy atom. The largest absolute Gasteiger partial charge is 0.325 e. The molecule has 12 heteroatoms. The second kappa shape index (κ2) is 10.2. The lowest BCUT2D eigenvalue weighted by Crippen LogP contribution is -3.15. The Balaban J connectivity index is 1.49. The van der Waals surface area contributed by atoms with Crippen molar-refractivity contribution in [2.75, 3.05) is 32.7 Å². The fraction of sp³-hybridized carbons (Fsp3) is 0.300. The van der Waals surface area contributed by atoms with Crippen LogP contribution in [0, 0.1) is 17.0 Å². The Morgan fingerprint density at radius 1 is 1.25 bits per heavy atom. The molecule has 1 aliphatic rings. The van der Waals surface area contributed by atoms with E-state index in [1.54, 1.807) is 30.3 Å². The van der Waals surface area contributed by atoms with Gasteiger partial charge in [-0.15, -0.1) is 0 Å². The van der Waals surface area contributed by atoms with Gasteiger partial charge in [0.05, 0.1) is 42.2 Å². The predicted octanol–water partition coefficient (Wildman–Crippen LogP) is 0.596. The summed E-state index contributed by atoms with van der Waals surface area (Å²) in [5.41, 5.74) is 3.55. The van der Waals surface area contributed by atoms with Crippen molar-refractivity contribution in [2.24, 2.45) is 5.10 Å². The van der Waals surface area contributed by atoms with Crippen LogP contribution in [0.15, 0.2) is 52.5 Å². The van der Waals surface area contributed by atoms with Crippen LogP contribution in [0.3, 0.4) is 0 Å². The first-order chi connectivity index (χ1) is 15.2. The number of carbonyl (C=O) groups is 1. The number of hydrogen-bond donors (Lipinski definition) is 2. The molecule has 0 atom stereocenters. The highest BCUT2D eigenvalue weighted by Crippen LogP contribution is 2.24. The Labute approximate surface area is 190 Å². The molecule has 32 heavy (non-hydrogen) atoms. The van der Waals surface area contributed by atoms with Crippen molar-refractivity contribution >= 4 is 39.4 Å². The summed E-state index contributed by atoms with van der Waals surface area (Å²) in [6, 6.07) is 10.9. The first-order valence-electron chi connectivity index (χ1n) is 9.83. The number of sulfonamides is 1. The van der Waals surface area contributed by atoms with Crippen molar-refractivity contribution in [1.29, 1.82) is 0 Å². The standard InChI is InChI=1S/C20H22ClN5O5S/c1-15-2-5-17(6-3-15)32(30,31)25-10-8-24(9-11-25)14-20(27)23-22-13-16-4-7-18(21)19(12-16)26(28)29/h2-7,12-13H,8-11,14H2,1H3,(H,23,27)/p+1. The van der Waals surface area contributed by atoms with Crippen molar-refractivity contribution < 1.29 is 23.0 Å². The predicted molar refractivity (Wildman–Crippen MR) is 119 cm³/mol. The van der Waals surface area contributed by atoms with E-state index in [9.17, 15) is 23.3 Å². The number of halogens is 1. The maximum absolute atomic E-state index is 12.8. The van der Waals surface area contributed by atoms with Crippen molar-refractivity contribution in [3.05, 3.63) is 68.7 Å². The maximum atomic E-state index is 12.8. The molecule has 1 saturated heterocycles. The molecule has 0 radical (unpaired) electrons. The number of amides is 1. The molecule has 0 saturated carbocycles. The van der Waals surface area contributed by atoms with E-state index in [1.165, 1.54) is 22.7 Å². The third kappa shape index (κ3) is 5.88. The summed E-state index contributed by atoms with van der Waals surface area (Å²) < 4.78 is 27.0. The second-order valence-electron chi connectivity index (χ2n) is 7.41. The number of rotatable bonds is 7. The minimum absolute atomic E-state index is 0.0170. The Hall–Kier alpha value is -2.86. The van der Waals surface area contributed by atoms with Crippen molar-refractivity contribution in [1.82, 2.24) is 9.73 Å². The fourth-order valence-corrected chi connectivity index (χ4v) is 4.90. The van der Waals surface area contributed by atoms with Crippen LogP contribution in [-0.4, -0.2) is 62.5 Å². The number of nitrogens with one attached hydrogen (secondary N) is 2. The summed E-state index contributed by atoms with van der Waals surface area (Å²) in [6.07, 6.45) is 1.29. The Kier molecular flexibility index (Phi) is 7.56. The Bertz CT molecular complexity index is 1130. The summed E-state index contributed by atoms with van der Waals surface area (Å²) >= 11 is 5.76. The van der Waals surface area contributed by atoms with Gasteiger partial charge in [-0.1, -0.05) is 35.4 Å². The topological polar surface area (TPSA) is 126 Å². The highest BCUT2D eigenvalue weighted by molar-refractivity contribution is 7.89. The van der Waals surface area contributed by atoms with Gasteiger partial charge in [-0.3, -0.25) is 14.9 Å². The van der Waals surface area contributed by atoms with E-state index < -0.39 is 14.9 Å². The monoisotopic (exact) mass is 480 g/mol. The SMILES string of the molecule is Cc1ccc(S(=O)(=O)N2CC[NH+](CC(=O)NN=Cc3ccc(Cl)c([N+](=O)[O-])c3)CC2)cc1. The van der Waals surface area contributed by atoms with Gasteiger partial charge in [0.1, 0.15) is 5.02 Å². The van der Waals surface area contributed by atoms with E-state index >= 15 is 0 Å². The van der Waals surface area contributed by atoms with Gasteiger partial charge in [0.2, 0.25) is 10.0 Å². The van der Waals surface area contributed by atoms with E-state index in [0.29, 0.717) is 31.7 Å². The van der Waals surface area contributed by atoms with Gasteiger partial charge in [0, 0.05) is 11.6 Å². The molecule has 1 heterocycles. The van der Waals surface area contributed by atoms with E-state index in [4.69, 9.17) is 11.6 Å². The third-order valence-electron chi connectivity index (χ3n) is 5.07. The van der Waals surface area contributed by atoms with E-state index in [1.807, 2.05) is 6.92 Å². The zero-order valence-electron chi connectivity index (χ0n) is 17.3. The van der Waals surface area contributed by atoms with Crippen LogP contribution in [0.25, 0.3) is 0 Å². The lowest BCUT2D eigenvalue weighted by molar-refractivity contribution is -0.895. The molecule has 2 aromatic carbocycles. The average Bonchev–Trinajstić information content (AvgIpc) is 2.75. The van der Waals surface area contributed by atoms with Crippen LogP contribution in [0.5, 0.6) is 0 Å². The quantitative estimate of drug-likeness (QED) is 0.341. The number of hydrogen-bond acceptors (Lipinski definition) is 6. The molecule has 0 unspecified atom stereocenters. The molecule has 0 aromatic heterocycles. The molecule has 2 aromatic rings. The van der Waals surface area contributed by atoms with Gasteiger partial charge >= 0.3 is 0 Å². The average molecular weight is 481 g/mol. The number of nitro groups is 1. The number of nitro benzene ring substituents is 1. The normalized spacial score (nSPS) is 15.7. The van der Waals surface area contributed by atoms with E-state index in [2.05, 4.69) is 10.5 Å². The molecule has 0 aliphatic carbocycles. The molecular formula is C20H23ClN5O5S+. The minimum atomic E-state index is -3.55. The van der Waals surface area contributed by atoms with Crippen LogP contribution in [-0.2, 0) is 14.8 Å². The minimum Gasteiger partial charge on any atom is -0.325 e. The van der Waals surface area contributed by atoms with Crippen molar-refractivity contribution in [2.45, 2.75) is 11.8 Å². The zero-order chi connectivity index (χ0) is 23.3. The van der Waals surface area contributed by atoms with Gasteiger partial charge in [0.15, 0.2) is 6.54 Å². The molecule has 1 amide bonds. The number of aryl methyl sites for hydroxylation is 1. The highest BCUT2D eigenvalue weighted by atomic mass is 35.5. The van der Waals surface area contributed by atoms with Crippen molar-refractivity contribution in [3.63, 3.8) is 0 Å². The number of carbonyl (C=O) groups excluding carboxylic acids is 1. The zero-order valence-corrected chi connectivity index (χ0v) is 18.9. The number of piperazine rings is 1. The van der Waals surface area contributed by atoms with E-state index in [0.717, 1.165) is 10.5 Å². The fourth-order valence-electron chi connectivity index (χ4n) is 3.27.